The van der Waals surface area contributed by atoms with Crippen LogP contribution in [0.25, 0.3) is 0 Å². The molecule has 1 amide bonds. The maximum Gasteiger partial charge on any atom is 0.270 e. The summed E-state index contributed by atoms with van der Waals surface area (Å²) < 4.78 is 4.94. The van der Waals surface area contributed by atoms with Gasteiger partial charge in [0, 0.05) is 58.3 Å². The molecule has 128 valence electrons. The molecule has 0 aliphatic carbocycles. The van der Waals surface area contributed by atoms with Gasteiger partial charge in [0.15, 0.2) is 0 Å². The Kier molecular flexibility index (Phi) is 6.80. The van der Waals surface area contributed by atoms with Crippen molar-refractivity contribution in [3.63, 3.8) is 0 Å². The molecule has 0 bridgehead atoms. The van der Waals surface area contributed by atoms with Crippen LogP contribution in [0, 0.1) is 5.92 Å². The highest BCUT2D eigenvalue weighted by molar-refractivity contribution is 5.93. The smallest absolute Gasteiger partial charge is 0.270 e. The molecule has 1 aliphatic rings. The molecule has 0 spiro atoms. The van der Waals surface area contributed by atoms with Gasteiger partial charge < -0.3 is 15.0 Å². The van der Waals surface area contributed by atoms with Crippen molar-refractivity contribution in [2.45, 2.75) is 13.8 Å². The molecule has 0 aromatic carbocycles. The van der Waals surface area contributed by atoms with Crippen LogP contribution in [0.5, 0.6) is 0 Å². The topological polar surface area (TPSA) is 57.7 Å². The van der Waals surface area contributed by atoms with E-state index in [4.69, 9.17) is 4.74 Å². The monoisotopic (exact) mass is 320 g/mol. The van der Waals surface area contributed by atoms with Crippen LogP contribution in [-0.2, 0) is 4.74 Å². The van der Waals surface area contributed by atoms with Crippen molar-refractivity contribution in [1.29, 1.82) is 0 Å². The molecule has 6 heteroatoms. The molecule has 2 heterocycles. The average Bonchev–Trinajstić information content (AvgIpc) is 2.55. The van der Waals surface area contributed by atoms with Gasteiger partial charge in [-0.1, -0.05) is 13.8 Å². The molecule has 1 N–H and O–H groups in total. The second-order valence-electron chi connectivity index (χ2n) is 6.33. The minimum Gasteiger partial charge on any atom is -0.383 e. The predicted octanol–water partition coefficient (Wildman–Crippen LogP) is 1.24. The Bertz CT molecular complexity index is 499. The summed E-state index contributed by atoms with van der Waals surface area (Å²) in [5, 5.41) is 2.81. The molecule has 0 radical (unpaired) electrons. The second kappa shape index (κ2) is 8.84. The van der Waals surface area contributed by atoms with Gasteiger partial charge in [-0.05, 0) is 18.1 Å². The van der Waals surface area contributed by atoms with Gasteiger partial charge in [-0.2, -0.15) is 0 Å². The Morgan fingerprint density at radius 2 is 2.09 bits per heavy atom. The Morgan fingerprint density at radius 1 is 1.35 bits per heavy atom. The summed E-state index contributed by atoms with van der Waals surface area (Å²) in [6.07, 6.45) is 1.71. The fraction of sp³-hybridized carbons (Fsp3) is 0.647. The van der Waals surface area contributed by atoms with Gasteiger partial charge in [0.1, 0.15) is 5.69 Å². The first kappa shape index (κ1) is 17.7. The summed E-state index contributed by atoms with van der Waals surface area (Å²) in [4.78, 5) is 21.1. The molecule has 23 heavy (non-hydrogen) atoms. The van der Waals surface area contributed by atoms with E-state index >= 15 is 0 Å². The van der Waals surface area contributed by atoms with Gasteiger partial charge in [-0.25, -0.2) is 0 Å². The molecule has 2 rings (SSSR count). The van der Waals surface area contributed by atoms with Crippen molar-refractivity contribution in [1.82, 2.24) is 15.2 Å². The Labute approximate surface area is 138 Å². The van der Waals surface area contributed by atoms with Gasteiger partial charge in [0.05, 0.1) is 6.61 Å². The van der Waals surface area contributed by atoms with Gasteiger partial charge >= 0.3 is 0 Å². The number of rotatable bonds is 7. The molecule has 1 fully saturated rings. The lowest BCUT2D eigenvalue weighted by molar-refractivity contribution is 0.0932. The van der Waals surface area contributed by atoms with Crippen LogP contribution in [0.15, 0.2) is 18.3 Å². The lowest BCUT2D eigenvalue weighted by Gasteiger charge is -2.36. The van der Waals surface area contributed by atoms with Crippen LogP contribution in [0.3, 0.4) is 0 Å². The maximum atomic E-state index is 12.1. The number of hydrogen-bond acceptors (Lipinski definition) is 5. The lowest BCUT2D eigenvalue weighted by Crippen LogP contribution is -2.47. The van der Waals surface area contributed by atoms with E-state index in [1.54, 1.807) is 13.3 Å². The number of nitrogens with zero attached hydrogens (tertiary/aromatic N) is 3. The number of carbonyl (C=O) groups is 1. The number of anilines is 1. The van der Waals surface area contributed by atoms with Gasteiger partial charge in [0.25, 0.3) is 5.91 Å². The number of carbonyl (C=O) groups excluding carboxylic acids is 1. The first-order valence-electron chi connectivity index (χ1n) is 8.30. The first-order valence-corrected chi connectivity index (χ1v) is 8.30. The Morgan fingerprint density at radius 3 is 2.74 bits per heavy atom. The SMILES string of the molecule is COCCNC(=O)c1cc(N2CCN(CC(C)C)CC2)ccn1. The van der Waals surface area contributed by atoms with Gasteiger partial charge in [-0.15, -0.1) is 0 Å². The molecule has 0 unspecified atom stereocenters. The van der Waals surface area contributed by atoms with Crippen molar-refractivity contribution in [2.75, 3.05) is 57.9 Å². The largest absolute Gasteiger partial charge is 0.383 e. The zero-order valence-corrected chi connectivity index (χ0v) is 14.4. The average molecular weight is 320 g/mol. The van der Waals surface area contributed by atoms with Crippen molar-refractivity contribution in [3.05, 3.63) is 24.0 Å². The third-order valence-corrected chi connectivity index (χ3v) is 3.93. The number of ether oxygens (including phenoxy) is 1. The highest BCUT2D eigenvalue weighted by atomic mass is 16.5. The van der Waals surface area contributed by atoms with Crippen LogP contribution in [-0.4, -0.2) is 68.8 Å². The van der Waals surface area contributed by atoms with Crippen LogP contribution in [0.2, 0.25) is 0 Å². The van der Waals surface area contributed by atoms with E-state index < -0.39 is 0 Å². The fourth-order valence-electron chi connectivity index (χ4n) is 2.80. The Balaban J connectivity index is 1.91. The van der Waals surface area contributed by atoms with E-state index in [0.717, 1.165) is 38.4 Å². The van der Waals surface area contributed by atoms with Crippen LogP contribution < -0.4 is 10.2 Å². The minimum atomic E-state index is -0.151. The molecular formula is C17H28N4O2. The van der Waals surface area contributed by atoms with Crippen LogP contribution in [0.1, 0.15) is 24.3 Å². The molecule has 1 saturated heterocycles. The number of amides is 1. The number of hydrogen-bond donors (Lipinski definition) is 1. The van der Waals surface area contributed by atoms with E-state index in [1.807, 2.05) is 12.1 Å². The summed E-state index contributed by atoms with van der Waals surface area (Å²) in [5.74, 6) is 0.548. The third-order valence-electron chi connectivity index (χ3n) is 3.93. The van der Waals surface area contributed by atoms with E-state index in [0.29, 0.717) is 24.8 Å². The molecule has 0 saturated carbocycles. The molecule has 1 aliphatic heterocycles. The summed E-state index contributed by atoms with van der Waals surface area (Å²) in [6, 6.07) is 3.85. The lowest BCUT2D eigenvalue weighted by atomic mass is 10.2. The van der Waals surface area contributed by atoms with E-state index in [1.165, 1.54) is 0 Å². The zero-order valence-electron chi connectivity index (χ0n) is 14.4. The number of aromatic nitrogens is 1. The van der Waals surface area contributed by atoms with E-state index in [2.05, 4.69) is 33.9 Å². The molecule has 1 aromatic rings. The highest BCUT2D eigenvalue weighted by Gasteiger charge is 2.18. The zero-order chi connectivity index (χ0) is 16.7. The normalized spacial score (nSPS) is 15.9. The number of nitrogens with one attached hydrogen (secondary N) is 1. The van der Waals surface area contributed by atoms with Crippen molar-refractivity contribution in [3.8, 4) is 0 Å². The number of methoxy groups -OCH3 is 1. The van der Waals surface area contributed by atoms with Crippen LogP contribution >= 0.6 is 0 Å². The molecule has 6 nitrogen and oxygen atoms in total. The quantitative estimate of drug-likeness (QED) is 0.766. The fourth-order valence-corrected chi connectivity index (χ4v) is 2.80. The van der Waals surface area contributed by atoms with Gasteiger partial charge in [0.2, 0.25) is 0 Å². The molecular weight excluding hydrogens is 292 g/mol. The summed E-state index contributed by atoms with van der Waals surface area (Å²) in [7, 11) is 1.62. The number of pyridine rings is 1. The summed E-state index contributed by atoms with van der Waals surface area (Å²) >= 11 is 0. The van der Waals surface area contributed by atoms with Crippen molar-refractivity contribution < 1.29 is 9.53 Å². The number of piperazine rings is 1. The first-order chi connectivity index (χ1) is 11.1. The second-order valence-corrected chi connectivity index (χ2v) is 6.33. The minimum absolute atomic E-state index is 0.151. The standard InChI is InChI=1S/C17H28N4O2/c1-14(2)13-20-7-9-21(10-8-20)15-4-5-18-16(12-15)17(22)19-6-11-23-3/h4-5,12,14H,6-11,13H2,1-3H3,(H,19,22). The highest BCUT2D eigenvalue weighted by Crippen LogP contribution is 2.17. The summed E-state index contributed by atoms with van der Waals surface area (Å²) in [5.41, 5.74) is 1.53. The Hall–Kier alpha value is -1.66. The van der Waals surface area contributed by atoms with E-state index in [-0.39, 0.29) is 5.91 Å². The summed E-state index contributed by atoms with van der Waals surface area (Å²) in [6.45, 7) is 10.8. The predicted molar refractivity (Wildman–Crippen MR) is 91.9 cm³/mol. The molecule has 0 atom stereocenters. The van der Waals surface area contributed by atoms with Gasteiger partial charge in [-0.3, -0.25) is 14.7 Å². The van der Waals surface area contributed by atoms with E-state index in [9.17, 15) is 4.79 Å². The molecule has 1 aromatic heterocycles. The van der Waals surface area contributed by atoms with Crippen LogP contribution in [0.4, 0.5) is 5.69 Å². The van der Waals surface area contributed by atoms with Crippen molar-refractivity contribution in [2.24, 2.45) is 5.92 Å². The maximum absolute atomic E-state index is 12.1. The third kappa shape index (κ3) is 5.48. The van der Waals surface area contributed by atoms with Crippen molar-refractivity contribution >= 4 is 11.6 Å².